The van der Waals surface area contributed by atoms with Gasteiger partial charge in [0.25, 0.3) is 0 Å². The molecule has 0 unspecified atom stereocenters. The zero-order valence-corrected chi connectivity index (χ0v) is 11.9. The molecule has 2 N–H and O–H groups in total. The molecule has 0 aliphatic heterocycles. The first-order valence-electron chi connectivity index (χ1n) is 5.71. The van der Waals surface area contributed by atoms with E-state index in [0.717, 1.165) is 0 Å². The fourth-order valence-electron chi connectivity index (χ4n) is 1.48. The molecule has 2 rings (SSSR count). The third kappa shape index (κ3) is 3.77. The van der Waals surface area contributed by atoms with Crippen molar-refractivity contribution in [2.75, 3.05) is 0 Å². The van der Waals surface area contributed by atoms with Crippen LogP contribution in [0.4, 0.5) is 8.78 Å². The second-order valence-corrected chi connectivity index (χ2v) is 4.91. The Balaban J connectivity index is 2.00. The summed E-state index contributed by atoms with van der Waals surface area (Å²) in [5.41, 5.74) is 6.57. The molecular weight excluding hydrogens is 330 g/mol. The zero-order chi connectivity index (χ0) is 14.5. The van der Waals surface area contributed by atoms with Crippen LogP contribution in [-0.2, 0) is 11.4 Å². The van der Waals surface area contributed by atoms with Crippen LogP contribution >= 0.6 is 15.9 Å². The lowest BCUT2D eigenvalue weighted by Gasteiger charge is -2.04. The van der Waals surface area contributed by atoms with E-state index < -0.39 is 5.82 Å². The van der Waals surface area contributed by atoms with Gasteiger partial charge in [0.15, 0.2) is 5.84 Å². The quantitative estimate of drug-likeness (QED) is 0.525. The van der Waals surface area contributed by atoms with Gasteiger partial charge in [-0.15, -0.1) is 0 Å². The molecule has 0 aromatic heterocycles. The van der Waals surface area contributed by atoms with E-state index in [1.807, 2.05) is 0 Å². The van der Waals surface area contributed by atoms with Crippen molar-refractivity contribution in [3.05, 3.63) is 69.7 Å². The van der Waals surface area contributed by atoms with Crippen molar-refractivity contribution in [3.63, 3.8) is 0 Å². The molecule has 0 fully saturated rings. The Labute approximate surface area is 123 Å². The van der Waals surface area contributed by atoms with Gasteiger partial charge < -0.3 is 10.6 Å². The van der Waals surface area contributed by atoms with Gasteiger partial charge >= 0.3 is 0 Å². The summed E-state index contributed by atoms with van der Waals surface area (Å²) in [6.07, 6.45) is 0. The highest BCUT2D eigenvalue weighted by molar-refractivity contribution is 9.10. The van der Waals surface area contributed by atoms with E-state index in [4.69, 9.17) is 10.6 Å². The molecule has 0 saturated heterocycles. The minimum Gasteiger partial charge on any atom is -0.389 e. The Bertz CT molecular complexity index is 630. The number of amidine groups is 1. The number of hydrogen-bond donors (Lipinski definition) is 1. The Hall–Kier alpha value is -1.95. The summed E-state index contributed by atoms with van der Waals surface area (Å²) in [4.78, 5) is 5.00. The van der Waals surface area contributed by atoms with Gasteiger partial charge in [0.1, 0.15) is 18.2 Å². The van der Waals surface area contributed by atoms with Crippen LogP contribution in [0.2, 0.25) is 0 Å². The van der Waals surface area contributed by atoms with E-state index in [2.05, 4.69) is 21.1 Å². The average molecular weight is 341 g/mol. The smallest absolute Gasteiger partial charge is 0.170 e. The van der Waals surface area contributed by atoms with Crippen LogP contribution in [0.25, 0.3) is 0 Å². The van der Waals surface area contributed by atoms with Crippen LogP contribution in [0.15, 0.2) is 52.1 Å². The maximum absolute atomic E-state index is 13.5. The highest BCUT2D eigenvalue weighted by Gasteiger charge is 2.04. The Morgan fingerprint density at radius 1 is 1.15 bits per heavy atom. The number of halogens is 3. The maximum atomic E-state index is 13.5. The van der Waals surface area contributed by atoms with Crippen LogP contribution in [0, 0.1) is 11.6 Å². The molecule has 0 amide bonds. The van der Waals surface area contributed by atoms with E-state index >= 15 is 0 Å². The molecule has 2 aromatic rings. The molecule has 0 atom stereocenters. The number of oxime groups is 1. The third-order valence-corrected chi connectivity index (χ3v) is 3.03. The summed E-state index contributed by atoms with van der Waals surface area (Å²) in [7, 11) is 0. The van der Waals surface area contributed by atoms with Crippen LogP contribution in [0.5, 0.6) is 0 Å². The fourth-order valence-corrected chi connectivity index (χ4v) is 1.82. The summed E-state index contributed by atoms with van der Waals surface area (Å²) in [6, 6.07) is 10.1. The van der Waals surface area contributed by atoms with Crippen LogP contribution in [0.1, 0.15) is 11.1 Å². The van der Waals surface area contributed by atoms with Crippen molar-refractivity contribution in [2.24, 2.45) is 10.9 Å². The third-order valence-electron chi connectivity index (χ3n) is 2.54. The van der Waals surface area contributed by atoms with Crippen molar-refractivity contribution in [3.8, 4) is 0 Å². The zero-order valence-electron chi connectivity index (χ0n) is 10.3. The summed E-state index contributed by atoms with van der Waals surface area (Å²) < 4.78 is 26.9. The molecular formula is C14H11BrF2N2O. The molecule has 3 nitrogen and oxygen atoms in total. The predicted octanol–water partition coefficient (Wildman–Crippen LogP) is 3.56. The van der Waals surface area contributed by atoms with Gasteiger partial charge in [-0.1, -0.05) is 27.2 Å². The first kappa shape index (κ1) is 14.5. The van der Waals surface area contributed by atoms with Crippen molar-refractivity contribution in [2.45, 2.75) is 6.61 Å². The fraction of sp³-hybridized carbons (Fsp3) is 0.0714. The monoisotopic (exact) mass is 340 g/mol. The lowest BCUT2D eigenvalue weighted by molar-refractivity contribution is 0.127. The van der Waals surface area contributed by atoms with Crippen LogP contribution < -0.4 is 5.73 Å². The molecule has 0 aliphatic carbocycles. The first-order chi connectivity index (χ1) is 9.56. The molecule has 0 aliphatic rings. The number of benzene rings is 2. The van der Waals surface area contributed by atoms with Crippen molar-refractivity contribution >= 4 is 21.8 Å². The van der Waals surface area contributed by atoms with E-state index in [9.17, 15) is 8.78 Å². The van der Waals surface area contributed by atoms with Gasteiger partial charge in [0.05, 0.1) is 0 Å². The predicted molar refractivity (Wildman–Crippen MR) is 76.0 cm³/mol. The Morgan fingerprint density at radius 2 is 1.85 bits per heavy atom. The second kappa shape index (κ2) is 6.47. The Kier molecular flexibility index (Phi) is 4.68. The molecule has 2 aromatic carbocycles. The van der Waals surface area contributed by atoms with E-state index in [1.165, 1.54) is 30.3 Å². The molecule has 0 bridgehead atoms. The average Bonchev–Trinajstić information content (AvgIpc) is 2.42. The van der Waals surface area contributed by atoms with Gasteiger partial charge in [-0.25, -0.2) is 8.78 Å². The van der Waals surface area contributed by atoms with Gasteiger partial charge in [-0.2, -0.15) is 0 Å². The Morgan fingerprint density at radius 3 is 2.50 bits per heavy atom. The summed E-state index contributed by atoms with van der Waals surface area (Å²) >= 11 is 3.17. The number of hydrogen-bond acceptors (Lipinski definition) is 2. The van der Waals surface area contributed by atoms with E-state index in [-0.39, 0.29) is 18.3 Å². The molecule has 104 valence electrons. The lowest BCUT2D eigenvalue weighted by atomic mass is 10.2. The molecule has 0 radical (unpaired) electrons. The van der Waals surface area contributed by atoms with Crippen LogP contribution in [0.3, 0.4) is 0 Å². The highest BCUT2D eigenvalue weighted by atomic mass is 79.9. The number of nitrogens with zero attached hydrogens (tertiary/aromatic N) is 1. The summed E-state index contributed by atoms with van der Waals surface area (Å²) in [5, 5.41) is 3.68. The standard InChI is InChI=1S/C14H11BrF2N2O/c15-11-4-1-10(13(17)7-11)8-20-19-14(18)9-2-5-12(16)6-3-9/h1-7H,8H2,(H2,18,19). The largest absolute Gasteiger partial charge is 0.389 e. The molecule has 20 heavy (non-hydrogen) atoms. The van der Waals surface area contributed by atoms with Gasteiger partial charge in [0, 0.05) is 15.6 Å². The molecule has 0 heterocycles. The lowest BCUT2D eigenvalue weighted by Crippen LogP contribution is -2.13. The van der Waals surface area contributed by atoms with Crippen molar-refractivity contribution < 1.29 is 13.6 Å². The van der Waals surface area contributed by atoms with Gasteiger partial charge in [-0.3, -0.25) is 0 Å². The summed E-state index contributed by atoms with van der Waals surface area (Å²) in [5.74, 6) is -0.656. The number of rotatable bonds is 4. The maximum Gasteiger partial charge on any atom is 0.170 e. The van der Waals surface area contributed by atoms with Crippen LogP contribution in [-0.4, -0.2) is 5.84 Å². The first-order valence-corrected chi connectivity index (χ1v) is 6.51. The SMILES string of the molecule is N/C(=N/OCc1ccc(Br)cc1F)c1ccc(F)cc1. The highest BCUT2D eigenvalue weighted by Crippen LogP contribution is 2.16. The minimum atomic E-state index is -0.394. The normalized spacial score (nSPS) is 11.4. The van der Waals surface area contributed by atoms with Gasteiger partial charge in [0.2, 0.25) is 0 Å². The molecule has 0 saturated carbocycles. The van der Waals surface area contributed by atoms with Gasteiger partial charge in [-0.05, 0) is 36.4 Å². The topological polar surface area (TPSA) is 47.6 Å². The second-order valence-electron chi connectivity index (χ2n) is 3.99. The van der Waals surface area contributed by atoms with Crippen molar-refractivity contribution in [1.82, 2.24) is 0 Å². The molecule has 0 spiro atoms. The minimum absolute atomic E-state index is 0.0407. The van der Waals surface area contributed by atoms with E-state index in [1.54, 1.807) is 12.1 Å². The summed E-state index contributed by atoms with van der Waals surface area (Å²) in [6.45, 7) is -0.0407. The number of nitrogens with two attached hydrogens (primary N) is 1. The van der Waals surface area contributed by atoms with Crippen molar-refractivity contribution in [1.29, 1.82) is 0 Å². The van der Waals surface area contributed by atoms with E-state index in [0.29, 0.717) is 15.6 Å². The molecule has 6 heteroatoms.